The molecule has 0 aliphatic carbocycles. The second kappa shape index (κ2) is 9.49. The molecule has 29 heavy (non-hydrogen) atoms. The average molecular weight is 416 g/mol. The van der Waals surface area contributed by atoms with E-state index >= 15 is 0 Å². The molecule has 0 fully saturated rings. The van der Waals surface area contributed by atoms with Crippen molar-refractivity contribution in [3.05, 3.63) is 84.3 Å². The quantitative estimate of drug-likeness (QED) is 0.413. The molecule has 7 heteroatoms. The number of ether oxygens (including phenoxy) is 1. The molecular weight excluding hydrogens is 396 g/mol. The maximum absolute atomic E-state index is 14.0. The van der Waals surface area contributed by atoms with Crippen molar-refractivity contribution in [3.63, 3.8) is 0 Å². The highest BCUT2D eigenvalue weighted by Crippen LogP contribution is 2.25. The van der Waals surface area contributed by atoms with Crippen molar-refractivity contribution in [2.24, 2.45) is 0 Å². The van der Waals surface area contributed by atoms with E-state index in [0.717, 1.165) is 34.3 Å². The van der Waals surface area contributed by atoms with Gasteiger partial charge in [0.15, 0.2) is 0 Å². The molecule has 0 unspecified atom stereocenters. The lowest BCUT2D eigenvalue weighted by Crippen LogP contribution is -2.20. The van der Waals surface area contributed by atoms with Crippen molar-refractivity contribution in [2.45, 2.75) is 6.54 Å². The Morgan fingerprint density at radius 3 is 2.83 bits per heavy atom. The summed E-state index contributed by atoms with van der Waals surface area (Å²) in [5.74, 6) is -0.110. The maximum atomic E-state index is 14.0. The lowest BCUT2D eigenvalue weighted by molar-refractivity contribution is 0.317. The zero-order valence-corrected chi connectivity index (χ0v) is 16.3. The molecule has 0 bridgehead atoms. The van der Waals surface area contributed by atoms with Gasteiger partial charge < -0.3 is 15.0 Å². The van der Waals surface area contributed by atoms with Crippen LogP contribution in [-0.2, 0) is 6.54 Å². The number of benzene rings is 2. The van der Waals surface area contributed by atoms with Crippen LogP contribution in [0.5, 0.6) is 5.75 Å². The standard InChI is InChI=1S/C22H19F2N3O.ClH/c23-17-4-5-20(24)19(11-17)16-10-15(13-26-14-16)12-25-8-9-28-22-3-1-2-21-18(22)6-7-27-21;/h1-7,10-11,13-14,25,27H,8-9,12H2;1H. The Labute approximate surface area is 173 Å². The SMILES string of the molecule is Cl.Fc1ccc(F)c(-c2cncc(CNCCOc3cccc4[nH]ccc34)c2)c1. The molecule has 0 aliphatic rings. The molecule has 0 spiro atoms. The largest absolute Gasteiger partial charge is 0.492 e. The van der Waals surface area contributed by atoms with Crippen molar-refractivity contribution in [1.29, 1.82) is 0 Å². The number of nitrogens with one attached hydrogen (secondary N) is 2. The summed E-state index contributed by atoms with van der Waals surface area (Å²) in [5.41, 5.74) is 2.68. The third-order valence-electron chi connectivity index (χ3n) is 4.45. The molecule has 2 aromatic carbocycles. The van der Waals surface area contributed by atoms with Crippen molar-refractivity contribution in [3.8, 4) is 16.9 Å². The summed E-state index contributed by atoms with van der Waals surface area (Å²) in [4.78, 5) is 7.30. The molecule has 4 rings (SSSR count). The lowest BCUT2D eigenvalue weighted by atomic mass is 10.1. The Kier molecular flexibility index (Phi) is 6.80. The van der Waals surface area contributed by atoms with Crippen LogP contribution in [0.4, 0.5) is 8.78 Å². The van der Waals surface area contributed by atoms with E-state index in [1.54, 1.807) is 12.3 Å². The van der Waals surface area contributed by atoms with Gasteiger partial charge in [0, 0.05) is 53.7 Å². The minimum Gasteiger partial charge on any atom is -0.492 e. The number of H-pyrrole nitrogens is 1. The first-order chi connectivity index (χ1) is 13.7. The number of pyridine rings is 1. The summed E-state index contributed by atoms with van der Waals surface area (Å²) in [7, 11) is 0. The Bertz CT molecular complexity index is 1100. The van der Waals surface area contributed by atoms with Crippen molar-refractivity contribution in [1.82, 2.24) is 15.3 Å². The van der Waals surface area contributed by atoms with Gasteiger partial charge in [-0.3, -0.25) is 4.98 Å². The molecule has 150 valence electrons. The van der Waals surface area contributed by atoms with E-state index in [4.69, 9.17) is 4.74 Å². The summed E-state index contributed by atoms with van der Waals surface area (Å²) in [5, 5.41) is 4.33. The Morgan fingerprint density at radius 1 is 1.03 bits per heavy atom. The first kappa shape index (κ1) is 20.8. The van der Waals surface area contributed by atoms with Crippen molar-refractivity contribution >= 4 is 23.3 Å². The van der Waals surface area contributed by atoms with Crippen LogP contribution in [0.1, 0.15) is 5.56 Å². The van der Waals surface area contributed by atoms with Crippen LogP contribution >= 0.6 is 12.4 Å². The molecule has 0 aliphatic heterocycles. The molecule has 0 atom stereocenters. The van der Waals surface area contributed by atoms with Gasteiger partial charge in [-0.2, -0.15) is 0 Å². The van der Waals surface area contributed by atoms with Gasteiger partial charge >= 0.3 is 0 Å². The highest BCUT2D eigenvalue weighted by atomic mass is 35.5. The second-order valence-electron chi connectivity index (χ2n) is 6.43. The van der Waals surface area contributed by atoms with Gasteiger partial charge in [0.2, 0.25) is 0 Å². The molecule has 4 nitrogen and oxygen atoms in total. The highest BCUT2D eigenvalue weighted by molar-refractivity contribution is 5.86. The number of hydrogen-bond acceptors (Lipinski definition) is 3. The number of fused-ring (bicyclic) bond motifs is 1. The third kappa shape index (κ3) is 4.91. The monoisotopic (exact) mass is 415 g/mol. The van der Waals surface area contributed by atoms with Crippen LogP contribution in [0.2, 0.25) is 0 Å². The van der Waals surface area contributed by atoms with Gasteiger partial charge in [0.05, 0.1) is 0 Å². The molecule has 4 aromatic rings. The Morgan fingerprint density at radius 2 is 1.93 bits per heavy atom. The normalized spacial score (nSPS) is 10.7. The number of nitrogens with zero attached hydrogens (tertiary/aromatic N) is 1. The van der Waals surface area contributed by atoms with Crippen LogP contribution in [0, 0.1) is 11.6 Å². The number of aromatic amines is 1. The Hall–Kier alpha value is -2.96. The third-order valence-corrected chi connectivity index (χ3v) is 4.45. The van der Waals surface area contributed by atoms with E-state index in [-0.39, 0.29) is 18.0 Å². The average Bonchev–Trinajstić information content (AvgIpc) is 3.19. The van der Waals surface area contributed by atoms with Crippen molar-refractivity contribution in [2.75, 3.05) is 13.2 Å². The maximum Gasteiger partial charge on any atom is 0.131 e. The molecule has 0 radical (unpaired) electrons. The summed E-state index contributed by atoms with van der Waals surface area (Å²) in [6.07, 6.45) is 5.12. The Balaban J connectivity index is 0.00000240. The van der Waals surface area contributed by atoms with E-state index in [0.29, 0.717) is 25.3 Å². The molecular formula is C22H20ClF2N3O. The topological polar surface area (TPSA) is 49.9 Å². The fourth-order valence-corrected chi connectivity index (χ4v) is 3.10. The van der Waals surface area contributed by atoms with E-state index < -0.39 is 11.6 Å². The predicted molar refractivity (Wildman–Crippen MR) is 112 cm³/mol. The number of hydrogen-bond donors (Lipinski definition) is 2. The second-order valence-corrected chi connectivity index (χ2v) is 6.43. The fourth-order valence-electron chi connectivity index (χ4n) is 3.10. The minimum atomic E-state index is -0.477. The number of rotatable bonds is 7. The van der Waals surface area contributed by atoms with E-state index in [1.165, 1.54) is 12.3 Å². The van der Waals surface area contributed by atoms with E-state index in [1.807, 2.05) is 30.5 Å². The van der Waals surface area contributed by atoms with Gasteiger partial charge in [-0.15, -0.1) is 12.4 Å². The predicted octanol–water partition coefficient (Wildman–Crippen LogP) is 5.10. The zero-order chi connectivity index (χ0) is 19.3. The van der Waals surface area contributed by atoms with Gasteiger partial charge in [0.1, 0.15) is 24.0 Å². The smallest absolute Gasteiger partial charge is 0.131 e. The molecule has 2 heterocycles. The van der Waals surface area contributed by atoms with Crippen LogP contribution < -0.4 is 10.1 Å². The zero-order valence-electron chi connectivity index (χ0n) is 15.5. The minimum absolute atomic E-state index is 0. The summed E-state index contributed by atoms with van der Waals surface area (Å²) >= 11 is 0. The van der Waals surface area contributed by atoms with Gasteiger partial charge in [-0.25, -0.2) is 8.78 Å². The first-order valence-corrected chi connectivity index (χ1v) is 9.00. The molecule has 2 N–H and O–H groups in total. The highest BCUT2D eigenvalue weighted by Gasteiger charge is 2.08. The fraction of sp³-hybridized carbons (Fsp3) is 0.136. The van der Waals surface area contributed by atoms with Crippen LogP contribution in [0.3, 0.4) is 0 Å². The van der Waals surface area contributed by atoms with Crippen molar-refractivity contribution < 1.29 is 13.5 Å². The number of aromatic nitrogens is 2. The van der Waals surface area contributed by atoms with E-state index in [9.17, 15) is 8.78 Å². The summed E-state index contributed by atoms with van der Waals surface area (Å²) < 4.78 is 33.2. The number of halogens is 3. The van der Waals surface area contributed by atoms with Crippen LogP contribution in [-0.4, -0.2) is 23.1 Å². The van der Waals surface area contributed by atoms with Gasteiger partial charge in [0.25, 0.3) is 0 Å². The summed E-state index contributed by atoms with van der Waals surface area (Å²) in [6, 6.07) is 13.1. The van der Waals surface area contributed by atoms with E-state index in [2.05, 4.69) is 15.3 Å². The summed E-state index contributed by atoms with van der Waals surface area (Å²) in [6.45, 7) is 1.70. The first-order valence-electron chi connectivity index (χ1n) is 9.00. The lowest BCUT2D eigenvalue weighted by Gasteiger charge is -2.10. The van der Waals surface area contributed by atoms with Gasteiger partial charge in [-0.05, 0) is 48.0 Å². The molecule has 0 saturated carbocycles. The van der Waals surface area contributed by atoms with Gasteiger partial charge in [-0.1, -0.05) is 6.07 Å². The molecule has 0 amide bonds. The van der Waals surface area contributed by atoms with Crippen LogP contribution in [0.15, 0.2) is 67.1 Å². The molecule has 0 saturated heterocycles. The molecule has 2 aromatic heterocycles. The van der Waals surface area contributed by atoms with Crippen LogP contribution in [0.25, 0.3) is 22.0 Å².